The zero-order valence-electron chi connectivity index (χ0n) is 13.5. The fraction of sp³-hybridized carbons (Fsp3) is 0.500. The van der Waals surface area contributed by atoms with Crippen molar-refractivity contribution in [3.63, 3.8) is 0 Å². The number of hydrogen-bond donors (Lipinski definition) is 1. The van der Waals surface area contributed by atoms with Crippen LogP contribution in [0.3, 0.4) is 0 Å². The van der Waals surface area contributed by atoms with Crippen molar-refractivity contribution in [2.45, 2.75) is 30.2 Å². The van der Waals surface area contributed by atoms with Crippen LogP contribution in [0.1, 0.15) is 29.6 Å². The van der Waals surface area contributed by atoms with Gasteiger partial charge in [0.15, 0.2) is 9.84 Å². The number of hydrogen-bond acceptors (Lipinski definition) is 5. The molecule has 7 nitrogen and oxygen atoms in total. The van der Waals surface area contributed by atoms with Gasteiger partial charge in [0.2, 0.25) is 0 Å². The molecule has 1 amide bonds. The summed E-state index contributed by atoms with van der Waals surface area (Å²) in [6, 6.07) is 4.78. The molecule has 1 aliphatic rings. The number of sulfone groups is 1. The number of methoxy groups -OCH3 is 1. The van der Waals surface area contributed by atoms with E-state index in [0.717, 1.165) is 12.8 Å². The van der Waals surface area contributed by atoms with Gasteiger partial charge in [-0.3, -0.25) is 4.79 Å². The van der Waals surface area contributed by atoms with Crippen LogP contribution in [0.5, 0.6) is 0 Å². The van der Waals surface area contributed by atoms with E-state index in [0.29, 0.717) is 13.0 Å². The molecule has 1 fully saturated rings. The lowest BCUT2D eigenvalue weighted by atomic mass is 10.0. The fourth-order valence-corrected chi connectivity index (χ4v) is 3.89. The SMILES string of the molecule is COCCS(=O)(=O)c1ccc(C(=O)N2CCCC[C@H]2C(=O)O)cc1. The zero-order valence-corrected chi connectivity index (χ0v) is 14.3. The Labute approximate surface area is 141 Å². The minimum Gasteiger partial charge on any atom is -0.480 e. The molecule has 132 valence electrons. The molecule has 24 heavy (non-hydrogen) atoms. The molecule has 2 rings (SSSR count). The molecule has 1 heterocycles. The second-order valence-corrected chi connectivity index (χ2v) is 7.79. The molecule has 0 spiro atoms. The Balaban J connectivity index is 2.18. The number of nitrogens with zero attached hydrogens (tertiary/aromatic N) is 1. The quantitative estimate of drug-likeness (QED) is 0.822. The summed E-state index contributed by atoms with van der Waals surface area (Å²) in [5, 5.41) is 9.25. The Morgan fingerprint density at radius 3 is 2.50 bits per heavy atom. The molecule has 0 saturated carbocycles. The Morgan fingerprint density at radius 2 is 1.92 bits per heavy atom. The van der Waals surface area contributed by atoms with Gasteiger partial charge in [-0.1, -0.05) is 0 Å². The molecule has 0 aromatic heterocycles. The van der Waals surface area contributed by atoms with E-state index in [1.165, 1.54) is 36.3 Å². The van der Waals surface area contributed by atoms with Crippen molar-refractivity contribution < 1.29 is 27.9 Å². The normalized spacial score (nSPS) is 18.4. The third-order valence-corrected chi connectivity index (χ3v) is 5.76. The number of likely N-dealkylation sites (tertiary alicyclic amines) is 1. The van der Waals surface area contributed by atoms with E-state index in [1.54, 1.807) is 0 Å². The van der Waals surface area contributed by atoms with Crippen molar-refractivity contribution in [1.29, 1.82) is 0 Å². The maximum atomic E-state index is 12.5. The van der Waals surface area contributed by atoms with Crippen molar-refractivity contribution >= 4 is 21.7 Å². The molecule has 1 aliphatic heterocycles. The molecule has 1 aromatic rings. The highest BCUT2D eigenvalue weighted by Gasteiger charge is 2.32. The number of carboxylic acid groups (broad SMARTS) is 1. The van der Waals surface area contributed by atoms with E-state index in [9.17, 15) is 23.1 Å². The van der Waals surface area contributed by atoms with Gasteiger partial charge in [0.25, 0.3) is 5.91 Å². The van der Waals surface area contributed by atoms with Crippen LogP contribution < -0.4 is 0 Å². The van der Waals surface area contributed by atoms with E-state index < -0.39 is 21.8 Å². The first-order chi connectivity index (χ1) is 11.4. The molecular weight excluding hydrogens is 334 g/mol. The summed E-state index contributed by atoms with van der Waals surface area (Å²) in [7, 11) is -2.03. The second kappa shape index (κ2) is 7.76. The maximum Gasteiger partial charge on any atom is 0.326 e. The molecule has 1 atom stereocenters. The van der Waals surface area contributed by atoms with Gasteiger partial charge in [0.1, 0.15) is 6.04 Å². The number of carbonyl (C=O) groups is 2. The zero-order chi connectivity index (χ0) is 17.7. The average molecular weight is 355 g/mol. The largest absolute Gasteiger partial charge is 0.480 e. The maximum absolute atomic E-state index is 12.5. The van der Waals surface area contributed by atoms with E-state index in [1.807, 2.05) is 0 Å². The second-order valence-electron chi connectivity index (χ2n) is 5.68. The summed E-state index contributed by atoms with van der Waals surface area (Å²) >= 11 is 0. The third kappa shape index (κ3) is 4.12. The molecule has 1 aromatic carbocycles. The number of aliphatic carboxylic acids is 1. The number of amides is 1. The van der Waals surface area contributed by atoms with Crippen molar-refractivity contribution in [2.24, 2.45) is 0 Å². The highest BCUT2D eigenvalue weighted by atomic mass is 32.2. The lowest BCUT2D eigenvalue weighted by Gasteiger charge is -2.33. The Hall–Kier alpha value is -1.93. The van der Waals surface area contributed by atoms with E-state index in [4.69, 9.17) is 4.74 Å². The van der Waals surface area contributed by atoms with Crippen LogP contribution >= 0.6 is 0 Å². The van der Waals surface area contributed by atoms with Crippen LogP contribution in [0, 0.1) is 0 Å². The van der Waals surface area contributed by atoms with Crippen molar-refractivity contribution in [3.8, 4) is 0 Å². The van der Waals surface area contributed by atoms with E-state index >= 15 is 0 Å². The van der Waals surface area contributed by atoms with Gasteiger partial charge >= 0.3 is 5.97 Å². The fourth-order valence-electron chi connectivity index (χ4n) is 2.71. The highest BCUT2D eigenvalue weighted by Crippen LogP contribution is 2.21. The van der Waals surface area contributed by atoms with Crippen LogP contribution in [0.4, 0.5) is 0 Å². The number of piperidine rings is 1. The predicted molar refractivity (Wildman–Crippen MR) is 86.7 cm³/mol. The van der Waals surface area contributed by atoms with E-state index in [-0.39, 0.29) is 28.7 Å². The first-order valence-electron chi connectivity index (χ1n) is 7.72. The Bertz CT molecular complexity index is 698. The number of ether oxygens (including phenoxy) is 1. The lowest BCUT2D eigenvalue weighted by molar-refractivity contribution is -0.143. The van der Waals surface area contributed by atoms with Gasteiger partial charge < -0.3 is 14.7 Å². The predicted octanol–water partition coefficient (Wildman–Crippen LogP) is 1.19. The van der Waals surface area contributed by atoms with Crippen LogP contribution in [-0.2, 0) is 19.4 Å². The third-order valence-electron chi connectivity index (χ3n) is 4.07. The molecular formula is C16H21NO6S. The number of carbonyl (C=O) groups excluding carboxylic acids is 1. The van der Waals surface area contributed by atoms with Crippen LogP contribution in [-0.4, -0.2) is 62.4 Å². The van der Waals surface area contributed by atoms with Crippen molar-refractivity contribution in [2.75, 3.05) is 26.0 Å². The average Bonchev–Trinajstić information content (AvgIpc) is 2.59. The first-order valence-corrected chi connectivity index (χ1v) is 9.37. The van der Waals surface area contributed by atoms with Gasteiger partial charge in [0.05, 0.1) is 17.3 Å². The number of carboxylic acids is 1. The van der Waals surface area contributed by atoms with Gasteiger partial charge in [-0.25, -0.2) is 13.2 Å². The van der Waals surface area contributed by atoms with Gasteiger partial charge in [-0.05, 0) is 43.5 Å². The minimum atomic E-state index is -3.46. The van der Waals surface area contributed by atoms with Crippen LogP contribution in [0.15, 0.2) is 29.2 Å². The topological polar surface area (TPSA) is 101 Å². The van der Waals surface area contributed by atoms with Gasteiger partial charge in [0, 0.05) is 19.2 Å². The summed E-state index contributed by atoms with van der Waals surface area (Å²) < 4.78 is 28.9. The number of benzene rings is 1. The minimum absolute atomic E-state index is 0.0943. The number of rotatable bonds is 6. The Morgan fingerprint density at radius 1 is 1.25 bits per heavy atom. The molecule has 0 bridgehead atoms. The van der Waals surface area contributed by atoms with Crippen LogP contribution in [0.2, 0.25) is 0 Å². The van der Waals surface area contributed by atoms with Crippen molar-refractivity contribution in [1.82, 2.24) is 4.90 Å². The summed E-state index contributed by atoms with van der Waals surface area (Å²) in [4.78, 5) is 25.3. The van der Waals surface area contributed by atoms with Gasteiger partial charge in [-0.2, -0.15) is 0 Å². The highest BCUT2D eigenvalue weighted by molar-refractivity contribution is 7.91. The molecule has 0 aliphatic carbocycles. The monoisotopic (exact) mass is 355 g/mol. The molecule has 1 N–H and O–H groups in total. The summed E-state index contributed by atoms with van der Waals surface area (Å²) in [6.07, 6.45) is 1.97. The van der Waals surface area contributed by atoms with Crippen molar-refractivity contribution in [3.05, 3.63) is 29.8 Å². The molecule has 0 unspecified atom stereocenters. The molecule has 0 radical (unpaired) electrons. The molecule has 1 saturated heterocycles. The first kappa shape index (κ1) is 18.4. The molecule has 8 heteroatoms. The summed E-state index contributed by atoms with van der Waals surface area (Å²) in [5.41, 5.74) is 0.286. The summed E-state index contributed by atoms with van der Waals surface area (Å²) in [5.74, 6) is -1.53. The summed E-state index contributed by atoms with van der Waals surface area (Å²) in [6.45, 7) is 0.487. The smallest absolute Gasteiger partial charge is 0.326 e. The Kier molecular flexibility index (Phi) is 5.95. The lowest BCUT2D eigenvalue weighted by Crippen LogP contribution is -2.47. The van der Waals surface area contributed by atoms with Gasteiger partial charge in [-0.15, -0.1) is 0 Å². The standard InChI is InChI=1S/C16H21NO6S/c1-23-10-11-24(21,22)13-7-5-12(6-8-13)15(18)17-9-3-2-4-14(17)16(19)20/h5-8,14H,2-4,9-11H2,1H3,(H,19,20)/t14-/m0/s1. The van der Waals surface area contributed by atoms with E-state index in [2.05, 4.69) is 0 Å². The van der Waals surface area contributed by atoms with Crippen LogP contribution in [0.25, 0.3) is 0 Å².